The van der Waals surface area contributed by atoms with Gasteiger partial charge in [-0.25, -0.2) is 4.39 Å². The molecule has 0 amide bonds. The molecule has 0 spiro atoms. The Labute approximate surface area is 114 Å². The smallest absolute Gasteiger partial charge is 0.123 e. The second kappa shape index (κ2) is 6.35. The standard InChI is InChI=1S/C15H23FN2O/c1-10(18-14-5-3-4-11(14)9-17)13-8-12(16)6-7-15(13)19-2/h6-8,10-11,14,18H,3-5,9,17H2,1-2H3. The lowest BCUT2D eigenvalue weighted by molar-refractivity contribution is 0.358. The van der Waals surface area contributed by atoms with Crippen LogP contribution in [0.15, 0.2) is 18.2 Å². The number of halogens is 1. The predicted octanol–water partition coefficient (Wildman–Crippen LogP) is 2.61. The van der Waals surface area contributed by atoms with E-state index in [1.165, 1.54) is 18.9 Å². The van der Waals surface area contributed by atoms with Crippen molar-refractivity contribution in [2.75, 3.05) is 13.7 Å². The van der Waals surface area contributed by atoms with Crippen LogP contribution >= 0.6 is 0 Å². The Morgan fingerprint density at radius 3 is 2.95 bits per heavy atom. The number of hydrogen-bond acceptors (Lipinski definition) is 3. The molecule has 3 unspecified atom stereocenters. The van der Waals surface area contributed by atoms with Gasteiger partial charge in [0.05, 0.1) is 7.11 Å². The molecule has 0 heterocycles. The van der Waals surface area contributed by atoms with E-state index in [1.807, 2.05) is 6.92 Å². The van der Waals surface area contributed by atoms with E-state index in [-0.39, 0.29) is 11.9 Å². The first-order chi connectivity index (χ1) is 9.15. The Balaban J connectivity index is 2.11. The van der Waals surface area contributed by atoms with Crippen molar-refractivity contribution >= 4 is 0 Å². The zero-order valence-corrected chi connectivity index (χ0v) is 11.7. The molecule has 0 aliphatic heterocycles. The maximum atomic E-state index is 13.4. The summed E-state index contributed by atoms with van der Waals surface area (Å²) < 4.78 is 18.7. The van der Waals surface area contributed by atoms with Crippen molar-refractivity contribution < 1.29 is 9.13 Å². The highest BCUT2D eigenvalue weighted by atomic mass is 19.1. The SMILES string of the molecule is COc1ccc(F)cc1C(C)NC1CCCC1CN. The van der Waals surface area contributed by atoms with Crippen molar-refractivity contribution in [3.63, 3.8) is 0 Å². The molecule has 3 nitrogen and oxygen atoms in total. The van der Waals surface area contributed by atoms with Crippen molar-refractivity contribution in [1.82, 2.24) is 5.32 Å². The van der Waals surface area contributed by atoms with Crippen molar-refractivity contribution in [3.8, 4) is 5.75 Å². The maximum absolute atomic E-state index is 13.4. The molecule has 4 heteroatoms. The molecule has 1 aliphatic rings. The fourth-order valence-corrected chi connectivity index (χ4v) is 2.99. The van der Waals surface area contributed by atoms with Crippen molar-refractivity contribution in [3.05, 3.63) is 29.6 Å². The van der Waals surface area contributed by atoms with E-state index in [0.717, 1.165) is 17.7 Å². The largest absolute Gasteiger partial charge is 0.496 e. The van der Waals surface area contributed by atoms with Gasteiger partial charge in [-0.2, -0.15) is 0 Å². The quantitative estimate of drug-likeness (QED) is 0.861. The van der Waals surface area contributed by atoms with Gasteiger partial charge in [-0.15, -0.1) is 0 Å². The van der Waals surface area contributed by atoms with Gasteiger partial charge in [0.15, 0.2) is 0 Å². The minimum absolute atomic E-state index is 0.0581. The number of benzene rings is 1. The van der Waals surface area contributed by atoms with Crippen LogP contribution in [-0.2, 0) is 0 Å². The molecule has 1 aliphatic carbocycles. The third kappa shape index (κ3) is 3.25. The van der Waals surface area contributed by atoms with Gasteiger partial charge in [0.25, 0.3) is 0 Å². The van der Waals surface area contributed by atoms with Gasteiger partial charge in [0.1, 0.15) is 11.6 Å². The van der Waals surface area contributed by atoms with E-state index in [0.29, 0.717) is 18.5 Å². The summed E-state index contributed by atoms with van der Waals surface area (Å²) in [5.74, 6) is 1.02. The highest BCUT2D eigenvalue weighted by Crippen LogP contribution is 2.30. The van der Waals surface area contributed by atoms with Crippen LogP contribution < -0.4 is 15.8 Å². The lowest BCUT2D eigenvalue weighted by Gasteiger charge is -2.25. The van der Waals surface area contributed by atoms with Gasteiger partial charge in [-0.1, -0.05) is 6.42 Å². The monoisotopic (exact) mass is 266 g/mol. The van der Waals surface area contributed by atoms with Gasteiger partial charge < -0.3 is 15.8 Å². The van der Waals surface area contributed by atoms with Crippen molar-refractivity contribution in [2.45, 2.75) is 38.3 Å². The first-order valence-corrected chi connectivity index (χ1v) is 6.95. The molecule has 1 saturated carbocycles. The molecule has 1 aromatic rings. The summed E-state index contributed by atoms with van der Waals surface area (Å²) >= 11 is 0. The molecule has 19 heavy (non-hydrogen) atoms. The number of nitrogens with one attached hydrogen (secondary N) is 1. The Morgan fingerprint density at radius 1 is 1.47 bits per heavy atom. The van der Waals surface area contributed by atoms with Crippen LogP contribution in [0.25, 0.3) is 0 Å². The van der Waals surface area contributed by atoms with E-state index in [1.54, 1.807) is 19.2 Å². The highest BCUT2D eigenvalue weighted by Gasteiger charge is 2.27. The van der Waals surface area contributed by atoms with Gasteiger partial charge in [0, 0.05) is 17.6 Å². The topological polar surface area (TPSA) is 47.3 Å². The highest BCUT2D eigenvalue weighted by molar-refractivity contribution is 5.36. The molecule has 3 N–H and O–H groups in total. The zero-order chi connectivity index (χ0) is 13.8. The Hall–Kier alpha value is -1.13. The Kier molecular flexibility index (Phi) is 4.77. The van der Waals surface area contributed by atoms with Gasteiger partial charge in [-0.3, -0.25) is 0 Å². The third-order valence-electron chi connectivity index (χ3n) is 4.08. The number of methoxy groups -OCH3 is 1. The second-order valence-corrected chi connectivity index (χ2v) is 5.31. The normalized spacial score (nSPS) is 24.4. The number of rotatable bonds is 5. The molecule has 0 radical (unpaired) electrons. The first kappa shape index (κ1) is 14.3. The predicted molar refractivity (Wildman–Crippen MR) is 74.7 cm³/mol. The zero-order valence-electron chi connectivity index (χ0n) is 11.7. The second-order valence-electron chi connectivity index (χ2n) is 5.31. The summed E-state index contributed by atoms with van der Waals surface area (Å²) in [4.78, 5) is 0. The molecule has 0 saturated heterocycles. The van der Waals surface area contributed by atoms with Gasteiger partial charge in [0.2, 0.25) is 0 Å². The third-order valence-corrected chi connectivity index (χ3v) is 4.08. The fourth-order valence-electron chi connectivity index (χ4n) is 2.99. The molecule has 0 aromatic heterocycles. The minimum Gasteiger partial charge on any atom is -0.496 e. The van der Waals surface area contributed by atoms with Gasteiger partial charge in [-0.05, 0) is 50.4 Å². The summed E-state index contributed by atoms with van der Waals surface area (Å²) in [5, 5.41) is 3.57. The van der Waals surface area contributed by atoms with E-state index < -0.39 is 0 Å². The van der Waals surface area contributed by atoms with E-state index in [9.17, 15) is 4.39 Å². The summed E-state index contributed by atoms with van der Waals surface area (Å²) in [6.07, 6.45) is 3.54. The number of ether oxygens (including phenoxy) is 1. The average molecular weight is 266 g/mol. The molecular weight excluding hydrogens is 243 g/mol. The van der Waals surface area contributed by atoms with Crippen LogP contribution in [-0.4, -0.2) is 19.7 Å². The van der Waals surface area contributed by atoms with E-state index >= 15 is 0 Å². The summed E-state index contributed by atoms with van der Waals surface area (Å²) in [5.41, 5.74) is 6.66. The van der Waals surface area contributed by atoms with Crippen molar-refractivity contribution in [1.29, 1.82) is 0 Å². The van der Waals surface area contributed by atoms with Crippen LogP contribution in [0.1, 0.15) is 37.8 Å². The average Bonchev–Trinajstić information content (AvgIpc) is 2.85. The van der Waals surface area contributed by atoms with Crippen LogP contribution in [0.2, 0.25) is 0 Å². The van der Waals surface area contributed by atoms with Gasteiger partial charge >= 0.3 is 0 Å². The summed E-state index contributed by atoms with van der Waals surface area (Å²) in [6.45, 7) is 2.76. The van der Waals surface area contributed by atoms with Crippen LogP contribution in [0, 0.1) is 11.7 Å². The number of hydrogen-bond donors (Lipinski definition) is 2. The molecule has 3 atom stereocenters. The lowest BCUT2D eigenvalue weighted by Crippen LogP contribution is -2.37. The molecule has 1 fully saturated rings. The molecule has 1 aromatic carbocycles. The fraction of sp³-hybridized carbons (Fsp3) is 0.600. The summed E-state index contributed by atoms with van der Waals surface area (Å²) in [7, 11) is 1.61. The molecule has 2 rings (SSSR count). The van der Waals surface area contributed by atoms with Crippen LogP contribution in [0.3, 0.4) is 0 Å². The lowest BCUT2D eigenvalue weighted by atomic mass is 10.0. The molecule has 106 valence electrons. The van der Waals surface area contributed by atoms with Crippen LogP contribution in [0.4, 0.5) is 4.39 Å². The number of nitrogens with two attached hydrogens (primary N) is 1. The molecule has 0 bridgehead atoms. The van der Waals surface area contributed by atoms with Crippen molar-refractivity contribution in [2.24, 2.45) is 11.7 Å². The van der Waals surface area contributed by atoms with Crippen LogP contribution in [0.5, 0.6) is 5.75 Å². The van der Waals surface area contributed by atoms with E-state index in [2.05, 4.69) is 5.32 Å². The first-order valence-electron chi connectivity index (χ1n) is 6.95. The maximum Gasteiger partial charge on any atom is 0.123 e. The molecular formula is C15H23FN2O. The minimum atomic E-state index is -0.230. The summed E-state index contributed by atoms with van der Waals surface area (Å²) in [6, 6.07) is 5.13. The van der Waals surface area contributed by atoms with E-state index in [4.69, 9.17) is 10.5 Å². The Morgan fingerprint density at radius 2 is 2.26 bits per heavy atom. The Bertz CT molecular complexity index is 425.